The average Bonchev–Trinajstić information content (AvgIpc) is 2.72. The van der Waals surface area contributed by atoms with E-state index < -0.39 is 0 Å². The van der Waals surface area contributed by atoms with Gasteiger partial charge in [-0.3, -0.25) is 0 Å². The molecule has 0 saturated heterocycles. The summed E-state index contributed by atoms with van der Waals surface area (Å²) in [5, 5.41) is 0.252. The Morgan fingerprint density at radius 1 is 1.47 bits per heavy atom. The predicted molar refractivity (Wildman–Crippen MR) is 59.2 cm³/mol. The van der Waals surface area contributed by atoms with E-state index in [4.69, 9.17) is 16.3 Å². The molecule has 0 radical (unpaired) electrons. The molecule has 1 saturated carbocycles. The third kappa shape index (κ3) is 2.81. The van der Waals surface area contributed by atoms with Crippen molar-refractivity contribution in [3.63, 3.8) is 0 Å². The molecule has 15 heavy (non-hydrogen) atoms. The van der Waals surface area contributed by atoms with Gasteiger partial charge in [0.05, 0.1) is 6.61 Å². The fraction of sp³-hybridized carbons (Fsp3) is 0.636. The van der Waals surface area contributed by atoms with Crippen LogP contribution in [0.3, 0.4) is 0 Å². The summed E-state index contributed by atoms with van der Waals surface area (Å²) in [5.74, 6) is 1.32. The van der Waals surface area contributed by atoms with Crippen molar-refractivity contribution in [2.45, 2.75) is 32.6 Å². The summed E-state index contributed by atoms with van der Waals surface area (Å²) in [6.45, 7) is 2.69. The monoisotopic (exact) mass is 226 g/mol. The Balaban J connectivity index is 1.94. The Hall–Kier alpha value is -0.830. The Morgan fingerprint density at radius 3 is 2.93 bits per heavy atom. The molecule has 0 unspecified atom stereocenters. The number of hydrogen-bond donors (Lipinski definition) is 0. The highest BCUT2D eigenvalue weighted by molar-refractivity contribution is 6.28. The molecular weight excluding hydrogens is 212 g/mol. The number of nitrogens with zero attached hydrogens (tertiary/aromatic N) is 2. The van der Waals surface area contributed by atoms with Crippen LogP contribution < -0.4 is 4.74 Å². The van der Waals surface area contributed by atoms with Crippen molar-refractivity contribution in [3.8, 4) is 5.88 Å². The van der Waals surface area contributed by atoms with E-state index in [9.17, 15) is 0 Å². The van der Waals surface area contributed by atoms with Crippen molar-refractivity contribution in [1.82, 2.24) is 9.97 Å². The highest BCUT2D eigenvalue weighted by Crippen LogP contribution is 2.26. The third-order valence-corrected chi connectivity index (χ3v) is 3.01. The van der Waals surface area contributed by atoms with Crippen LogP contribution in [-0.4, -0.2) is 16.6 Å². The van der Waals surface area contributed by atoms with Crippen LogP contribution in [0.1, 0.15) is 31.2 Å². The summed E-state index contributed by atoms with van der Waals surface area (Å²) in [6.07, 6.45) is 6.91. The van der Waals surface area contributed by atoms with Gasteiger partial charge < -0.3 is 4.74 Å². The maximum absolute atomic E-state index is 5.71. The summed E-state index contributed by atoms with van der Waals surface area (Å²) in [4.78, 5) is 7.96. The van der Waals surface area contributed by atoms with Crippen LogP contribution in [0, 0.1) is 12.8 Å². The van der Waals surface area contributed by atoms with Crippen LogP contribution in [0.5, 0.6) is 5.88 Å². The number of halogens is 1. The van der Waals surface area contributed by atoms with Crippen LogP contribution in [0.25, 0.3) is 0 Å². The number of hydrogen-bond acceptors (Lipinski definition) is 3. The molecule has 0 aliphatic heterocycles. The summed E-state index contributed by atoms with van der Waals surface area (Å²) in [5.41, 5.74) is 0.942. The molecule has 2 rings (SSSR count). The maximum Gasteiger partial charge on any atom is 0.225 e. The highest BCUT2D eigenvalue weighted by atomic mass is 35.5. The molecule has 1 aliphatic carbocycles. The number of aryl methyl sites for hydroxylation is 1. The van der Waals surface area contributed by atoms with Gasteiger partial charge >= 0.3 is 0 Å². The zero-order valence-electron chi connectivity index (χ0n) is 8.87. The maximum atomic E-state index is 5.71. The van der Waals surface area contributed by atoms with Crippen LogP contribution in [-0.2, 0) is 0 Å². The Bertz CT molecular complexity index is 337. The fourth-order valence-corrected chi connectivity index (χ4v) is 2.05. The van der Waals surface area contributed by atoms with Crippen molar-refractivity contribution >= 4 is 11.6 Å². The van der Waals surface area contributed by atoms with Gasteiger partial charge in [-0.25, -0.2) is 4.98 Å². The smallest absolute Gasteiger partial charge is 0.225 e. The topological polar surface area (TPSA) is 35.0 Å². The first-order valence-electron chi connectivity index (χ1n) is 5.37. The second-order valence-electron chi connectivity index (χ2n) is 4.09. The lowest BCUT2D eigenvalue weighted by Crippen LogP contribution is -2.10. The molecule has 1 heterocycles. The van der Waals surface area contributed by atoms with E-state index in [2.05, 4.69) is 9.97 Å². The van der Waals surface area contributed by atoms with Gasteiger partial charge in [0.15, 0.2) is 0 Å². The fourth-order valence-electron chi connectivity index (χ4n) is 1.93. The molecule has 1 fully saturated rings. The Kier molecular flexibility index (Phi) is 3.41. The molecule has 0 N–H and O–H groups in total. The first-order chi connectivity index (χ1) is 7.25. The summed E-state index contributed by atoms with van der Waals surface area (Å²) >= 11 is 5.71. The quantitative estimate of drug-likeness (QED) is 0.744. The van der Waals surface area contributed by atoms with Crippen molar-refractivity contribution in [2.75, 3.05) is 6.61 Å². The average molecular weight is 227 g/mol. The van der Waals surface area contributed by atoms with Crippen molar-refractivity contribution < 1.29 is 4.74 Å². The van der Waals surface area contributed by atoms with Gasteiger partial charge in [0.2, 0.25) is 11.2 Å². The van der Waals surface area contributed by atoms with E-state index in [1.807, 2.05) is 6.92 Å². The molecule has 0 spiro atoms. The second-order valence-corrected chi connectivity index (χ2v) is 4.43. The van der Waals surface area contributed by atoms with E-state index in [1.165, 1.54) is 25.7 Å². The first kappa shape index (κ1) is 10.7. The normalized spacial score (nSPS) is 16.9. The molecule has 3 nitrogen and oxygen atoms in total. The standard InChI is InChI=1S/C11H15ClN2O/c1-8-6-13-11(12)14-10(8)15-7-9-4-2-3-5-9/h6,9H,2-5,7H2,1H3. The third-order valence-electron chi connectivity index (χ3n) is 2.83. The lowest BCUT2D eigenvalue weighted by Gasteiger charge is -2.11. The van der Waals surface area contributed by atoms with Crippen LogP contribution in [0.4, 0.5) is 0 Å². The van der Waals surface area contributed by atoms with Gasteiger partial charge in [-0.15, -0.1) is 0 Å². The molecule has 1 aromatic rings. The van der Waals surface area contributed by atoms with Gasteiger partial charge in [0, 0.05) is 11.8 Å². The predicted octanol–water partition coefficient (Wildman–Crippen LogP) is 3.01. The number of rotatable bonds is 3. The molecule has 0 amide bonds. The van der Waals surface area contributed by atoms with E-state index in [1.54, 1.807) is 6.20 Å². The summed E-state index contributed by atoms with van der Waals surface area (Å²) < 4.78 is 5.67. The van der Waals surface area contributed by atoms with Crippen molar-refractivity contribution in [2.24, 2.45) is 5.92 Å². The zero-order chi connectivity index (χ0) is 10.7. The minimum Gasteiger partial charge on any atom is -0.477 e. The van der Waals surface area contributed by atoms with Gasteiger partial charge in [-0.05, 0) is 37.3 Å². The Labute approximate surface area is 94.8 Å². The van der Waals surface area contributed by atoms with Crippen LogP contribution in [0.15, 0.2) is 6.20 Å². The minimum atomic E-state index is 0.252. The molecule has 4 heteroatoms. The van der Waals surface area contributed by atoms with Gasteiger partial charge in [0.25, 0.3) is 0 Å². The van der Waals surface area contributed by atoms with E-state index >= 15 is 0 Å². The lowest BCUT2D eigenvalue weighted by molar-refractivity contribution is 0.241. The van der Waals surface area contributed by atoms with E-state index in [0.29, 0.717) is 11.8 Å². The van der Waals surface area contributed by atoms with Crippen LogP contribution >= 0.6 is 11.6 Å². The van der Waals surface area contributed by atoms with Crippen molar-refractivity contribution in [3.05, 3.63) is 17.0 Å². The molecule has 0 atom stereocenters. The van der Waals surface area contributed by atoms with Gasteiger partial charge in [-0.2, -0.15) is 4.98 Å². The summed E-state index contributed by atoms with van der Waals surface area (Å²) in [6, 6.07) is 0. The summed E-state index contributed by atoms with van der Waals surface area (Å²) in [7, 11) is 0. The number of aromatic nitrogens is 2. The molecule has 0 bridgehead atoms. The van der Waals surface area contributed by atoms with E-state index in [0.717, 1.165) is 12.2 Å². The second kappa shape index (κ2) is 4.79. The van der Waals surface area contributed by atoms with Crippen molar-refractivity contribution in [1.29, 1.82) is 0 Å². The SMILES string of the molecule is Cc1cnc(Cl)nc1OCC1CCCC1. The Morgan fingerprint density at radius 2 is 2.20 bits per heavy atom. The highest BCUT2D eigenvalue weighted by Gasteiger charge is 2.16. The van der Waals surface area contributed by atoms with Gasteiger partial charge in [-0.1, -0.05) is 12.8 Å². The molecule has 1 aromatic heterocycles. The molecular formula is C11H15ClN2O. The molecule has 82 valence electrons. The van der Waals surface area contributed by atoms with Crippen LogP contribution in [0.2, 0.25) is 5.28 Å². The molecule has 1 aliphatic rings. The number of ether oxygens (including phenoxy) is 1. The minimum absolute atomic E-state index is 0.252. The van der Waals surface area contributed by atoms with E-state index in [-0.39, 0.29) is 5.28 Å². The lowest BCUT2D eigenvalue weighted by atomic mass is 10.1. The zero-order valence-corrected chi connectivity index (χ0v) is 9.63. The molecule has 0 aromatic carbocycles. The van der Waals surface area contributed by atoms with Gasteiger partial charge in [0.1, 0.15) is 0 Å². The first-order valence-corrected chi connectivity index (χ1v) is 5.75. The largest absolute Gasteiger partial charge is 0.477 e.